The van der Waals surface area contributed by atoms with Crippen LogP contribution in [0.25, 0.3) is 0 Å². The summed E-state index contributed by atoms with van der Waals surface area (Å²) < 4.78 is 7.61. The number of aromatic nitrogens is 2. The number of morpholine rings is 1. The molecule has 0 spiro atoms. The van der Waals surface area contributed by atoms with Crippen LogP contribution in [0.1, 0.15) is 31.4 Å². The van der Waals surface area contributed by atoms with Gasteiger partial charge in [0, 0.05) is 58.2 Å². The Balaban J connectivity index is 0.00000341. The highest BCUT2D eigenvalue weighted by Crippen LogP contribution is 2.13. The lowest BCUT2D eigenvalue weighted by Crippen LogP contribution is -2.50. The molecule has 7 nitrogen and oxygen atoms in total. The molecule has 0 saturated carbocycles. The van der Waals surface area contributed by atoms with Crippen LogP contribution in [0.5, 0.6) is 0 Å². The molecule has 1 aromatic heterocycles. The van der Waals surface area contributed by atoms with Gasteiger partial charge in [0.05, 0.1) is 19.5 Å². The van der Waals surface area contributed by atoms with Crippen molar-refractivity contribution < 1.29 is 4.74 Å². The number of hydrogen-bond acceptors (Lipinski definition) is 4. The van der Waals surface area contributed by atoms with Gasteiger partial charge in [0.15, 0.2) is 5.96 Å². The van der Waals surface area contributed by atoms with E-state index in [1.807, 2.05) is 25.8 Å². The molecule has 2 aromatic rings. The summed E-state index contributed by atoms with van der Waals surface area (Å²) in [6.45, 7) is 10.7. The Labute approximate surface area is 203 Å². The van der Waals surface area contributed by atoms with Gasteiger partial charge in [-0.05, 0) is 23.5 Å². The summed E-state index contributed by atoms with van der Waals surface area (Å²) >= 11 is 0. The molecule has 172 valence electrons. The van der Waals surface area contributed by atoms with E-state index in [-0.39, 0.29) is 24.0 Å². The van der Waals surface area contributed by atoms with Crippen molar-refractivity contribution >= 4 is 29.9 Å². The van der Waals surface area contributed by atoms with Crippen LogP contribution in [0.3, 0.4) is 0 Å². The predicted molar refractivity (Wildman–Crippen MR) is 137 cm³/mol. The highest BCUT2D eigenvalue weighted by molar-refractivity contribution is 14.0. The van der Waals surface area contributed by atoms with Crippen molar-refractivity contribution in [3.8, 4) is 0 Å². The molecular weight excluding hydrogens is 503 g/mol. The summed E-state index contributed by atoms with van der Waals surface area (Å²) in [4.78, 5) is 11.1. The molecule has 3 rings (SSSR count). The van der Waals surface area contributed by atoms with Crippen molar-refractivity contribution in [3.63, 3.8) is 0 Å². The molecule has 1 atom stereocenters. The lowest BCUT2D eigenvalue weighted by atomic mass is 10.0. The van der Waals surface area contributed by atoms with Crippen LogP contribution in [0.2, 0.25) is 0 Å². The highest BCUT2D eigenvalue weighted by atomic mass is 127. The fraction of sp³-hybridized carbons (Fsp3) is 0.565. The molecule has 1 aliphatic rings. The summed E-state index contributed by atoms with van der Waals surface area (Å²) in [6.07, 6.45) is 6.81. The van der Waals surface area contributed by atoms with E-state index < -0.39 is 0 Å². The van der Waals surface area contributed by atoms with E-state index in [2.05, 4.69) is 68.2 Å². The maximum absolute atomic E-state index is 5.53. The second kappa shape index (κ2) is 13.7. The molecule has 1 aromatic carbocycles. The van der Waals surface area contributed by atoms with Gasteiger partial charge in [-0.3, -0.25) is 9.89 Å². The van der Waals surface area contributed by atoms with E-state index in [0.717, 1.165) is 51.9 Å². The topological polar surface area (TPSA) is 66.7 Å². The summed E-state index contributed by atoms with van der Waals surface area (Å²) in [7, 11) is 1.83. The molecule has 1 aliphatic heterocycles. The fourth-order valence-electron chi connectivity index (χ4n) is 3.90. The first-order valence-electron chi connectivity index (χ1n) is 10.9. The van der Waals surface area contributed by atoms with E-state index in [4.69, 9.17) is 4.74 Å². The third-order valence-electron chi connectivity index (χ3n) is 5.41. The molecule has 0 amide bonds. The molecule has 2 N–H and O–H groups in total. The number of aliphatic imine (C=N–C) groups is 1. The van der Waals surface area contributed by atoms with Crippen LogP contribution >= 0.6 is 24.0 Å². The van der Waals surface area contributed by atoms with Crippen molar-refractivity contribution in [1.29, 1.82) is 0 Å². The molecular formula is C23H37IN6O. The largest absolute Gasteiger partial charge is 0.379 e. The first-order valence-corrected chi connectivity index (χ1v) is 10.9. The number of rotatable bonds is 9. The third kappa shape index (κ3) is 8.78. The smallest absolute Gasteiger partial charge is 0.191 e. The lowest BCUT2D eigenvalue weighted by Gasteiger charge is -2.35. The summed E-state index contributed by atoms with van der Waals surface area (Å²) in [5.41, 5.74) is 2.50. The Morgan fingerprint density at radius 1 is 1.19 bits per heavy atom. The summed E-state index contributed by atoms with van der Waals surface area (Å²) in [5.74, 6) is 1.50. The highest BCUT2D eigenvalue weighted by Gasteiger charge is 2.22. The molecule has 2 heterocycles. The van der Waals surface area contributed by atoms with E-state index in [1.165, 1.54) is 17.5 Å². The van der Waals surface area contributed by atoms with Crippen molar-refractivity contribution in [2.45, 2.75) is 39.4 Å². The Morgan fingerprint density at radius 3 is 2.65 bits per heavy atom. The quantitative estimate of drug-likeness (QED) is 0.291. The van der Waals surface area contributed by atoms with Gasteiger partial charge in [-0.25, -0.2) is 4.98 Å². The lowest BCUT2D eigenvalue weighted by molar-refractivity contribution is 0.0132. The number of guanidine groups is 1. The molecule has 0 radical (unpaired) electrons. The predicted octanol–water partition coefficient (Wildman–Crippen LogP) is 2.96. The maximum atomic E-state index is 5.53. The van der Waals surface area contributed by atoms with Crippen molar-refractivity contribution in [2.24, 2.45) is 10.9 Å². The first-order chi connectivity index (χ1) is 14.6. The van der Waals surface area contributed by atoms with Gasteiger partial charge < -0.3 is 19.9 Å². The van der Waals surface area contributed by atoms with Crippen LogP contribution in [-0.2, 0) is 17.8 Å². The average Bonchev–Trinajstić information content (AvgIpc) is 3.26. The van der Waals surface area contributed by atoms with Gasteiger partial charge in [-0.2, -0.15) is 0 Å². The number of nitrogens with zero attached hydrogens (tertiary/aromatic N) is 4. The fourth-order valence-corrected chi connectivity index (χ4v) is 3.90. The standard InChI is InChI=1S/C23H36N6O.HI/c1-19(2)13-22(29-9-11-30-12-10-29)16-27-23(24-3)26-15-20-5-4-6-21(14-20)17-28-8-7-25-18-28;/h4-8,14,18-19,22H,9-13,15-17H2,1-3H3,(H2,24,26,27);1H. The first kappa shape index (κ1) is 25.6. The van der Waals surface area contributed by atoms with E-state index in [9.17, 15) is 0 Å². The Bertz CT molecular complexity index is 774. The van der Waals surface area contributed by atoms with E-state index >= 15 is 0 Å². The van der Waals surface area contributed by atoms with E-state index in [1.54, 1.807) is 0 Å². The van der Waals surface area contributed by atoms with Gasteiger partial charge in [0.1, 0.15) is 0 Å². The molecule has 0 aliphatic carbocycles. The minimum atomic E-state index is 0. The maximum Gasteiger partial charge on any atom is 0.191 e. The van der Waals surface area contributed by atoms with Crippen LogP contribution in [-0.4, -0.2) is 66.3 Å². The number of imidazole rings is 1. The zero-order valence-electron chi connectivity index (χ0n) is 19.0. The zero-order chi connectivity index (χ0) is 21.2. The second-order valence-electron chi connectivity index (χ2n) is 8.29. The van der Waals surface area contributed by atoms with Crippen molar-refractivity contribution in [3.05, 3.63) is 54.1 Å². The van der Waals surface area contributed by atoms with Crippen LogP contribution in [0.15, 0.2) is 48.0 Å². The summed E-state index contributed by atoms with van der Waals surface area (Å²) in [5, 5.41) is 7.00. The number of nitrogens with one attached hydrogen (secondary N) is 2. The third-order valence-corrected chi connectivity index (χ3v) is 5.41. The van der Waals surface area contributed by atoms with Gasteiger partial charge >= 0.3 is 0 Å². The number of hydrogen-bond donors (Lipinski definition) is 2. The molecule has 31 heavy (non-hydrogen) atoms. The minimum absolute atomic E-state index is 0. The SMILES string of the molecule is CN=C(NCc1cccc(Cn2ccnc2)c1)NCC(CC(C)C)N1CCOCC1.I. The van der Waals surface area contributed by atoms with Crippen LogP contribution < -0.4 is 10.6 Å². The van der Waals surface area contributed by atoms with Gasteiger partial charge in [-0.1, -0.05) is 38.1 Å². The Kier molecular flexibility index (Phi) is 11.3. The van der Waals surface area contributed by atoms with E-state index in [0.29, 0.717) is 12.0 Å². The van der Waals surface area contributed by atoms with Crippen molar-refractivity contribution in [1.82, 2.24) is 25.1 Å². The molecule has 1 saturated heterocycles. The Hall–Kier alpha value is -1.65. The van der Waals surface area contributed by atoms with Gasteiger partial charge in [-0.15, -0.1) is 24.0 Å². The number of halogens is 1. The monoisotopic (exact) mass is 540 g/mol. The Morgan fingerprint density at radius 2 is 1.97 bits per heavy atom. The molecule has 8 heteroatoms. The number of ether oxygens (including phenoxy) is 1. The van der Waals surface area contributed by atoms with Gasteiger partial charge in [0.2, 0.25) is 0 Å². The minimum Gasteiger partial charge on any atom is -0.379 e. The molecule has 1 unspecified atom stereocenters. The zero-order valence-corrected chi connectivity index (χ0v) is 21.3. The average molecular weight is 540 g/mol. The molecule has 0 bridgehead atoms. The van der Waals surface area contributed by atoms with Crippen molar-refractivity contribution in [2.75, 3.05) is 39.9 Å². The van der Waals surface area contributed by atoms with Crippen LogP contribution in [0.4, 0.5) is 0 Å². The van der Waals surface area contributed by atoms with Crippen LogP contribution in [0, 0.1) is 5.92 Å². The number of benzene rings is 1. The summed E-state index contributed by atoms with van der Waals surface area (Å²) in [6, 6.07) is 9.13. The van der Waals surface area contributed by atoms with Gasteiger partial charge in [0.25, 0.3) is 0 Å². The molecule has 1 fully saturated rings. The normalized spacial score (nSPS) is 16.1. The second-order valence-corrected chi connectivity index (χ2v) is 8.29.